The van der Waals surface area contributed by atoms with E-state index >= 15 is 0 Å². The Labute approximate surface area is 124 Å². The van der Waals surface area contributed by atoms with Crippen molar-refractivity contribution in [1.82, 2.24) is 15.3 Å². The number of thiazole rings is 1. The van der Waals surface area contributed by atoms with E-state index < -0.39 is 0 Å². The fourth-order valence-corrected chi connectivity index (χ4v) is 2.42. The predicted octanol–water partition coefficient (Wildman–Crippen LogP) is 3.17. The largest absolute Gasteiger partial charge is 0.486 e. The molecule has 108 valence electrons. The Morgan fingerprint density at radius 2 is 2.10 bits per heavy atom. The third-order valence-electron chi connectivity index (χ3n) is 2.71. The highest BCUT2D eigenvalue weighted by molar-refractivity contribution is 7.11. The summed E-state index contributed by atoms with van der Waals surface area (Å²) in [5.41, 5.74) is 1.03. The zero-order chi connectivity index (χ0) is 14.4. The van der Waals surface area contributed by atoms with Crippen molar-refractivity contribution in [3.05, 3.63) is 40.1 Å². The van der Waals surface area contributed by atoms with E-state index in [0.717, 1.165) is 34.4 Å². The first-order valence-electron chi connectivity index (χ1n) is 6.83. The van der Waals surface area contributed by atoms with Gasteiger partial charge in [-0.3, -0.25) is 4.98 Å². The number of rotatable bonds is 7. The standard InChI is InChI=1S/C15H21N3OS/c1-11(2)6-16-7-13-4-5-14(8-18-13)19-10-15-9-17-12(3)20-15/h4-5,8-9,11,16H,6-7,10H2,1-3H3. The van der Waals surface area contributed by atoms with E-state index in [2.05, 4.69) is 29.1 Å². The minimum Gasteiger partial charge on any atom is -0.486 e. The van der Waals surface area contributed by atoms with Gasteiger partial charge in [-0.1, -0.05) is 13.8 Å². The first-order valence-corrected chi connectivity index (χ1v) is 7.65. The van der Waals surface area contributed by atoms with Gasteiger partial charge in [0.1, 0.15) is 12.4 Å². The molecule has 0 amide bonds. The number of nitrogens with one attached hydrogen (secondary N) is 1. The molecule has 2 aromatic rings. The second kappa shape index (κ2) is 7.36. The molecule has 0 radical (unpaired) electrons. The van der Waals surface area contributed by atoms with E-state index in [9.17, 15) is 0 Å². The molecule has 0 fully saturated rings. The molecule has 0 unspecified atom stereocenters. The lowest BCUT2D eigenvalue weighted by Gasteiger charge is -2.08. The minimum atomic E-state index is 0.554. The van der Waals surface area contributed by atoms with Crippen LogP contribution < -0.4 is 10.1 Å². The highest BCUT2D eigenvalue weighted by atomic mass is 32.1. The molecule has 0 aliphatic rings. The van der Waals surface area contributed by atoms with Crippen LogP contribution in [0.1, 0.15) is 29.4 Å². The highest BCUT2D eigenvalue weighted by Gasteiger charge is 2.01. The molecule has 0 saturated carbocycles. The molecule has 2 aromatic heterocycles. The van der Waals surface area contributed by atoms with E-state index in [-0.39, 0.29) is 0 Å². The van der Waals surface area contributed by atoms with E-state index in [0.29, 0.717) is 12.5 Å². The molecule has 0 atom stereocenters. The lowest BCUT2D eigenvalue weighted by atomic mass is 10.2. The van der Waals surface area contributed by atoms with Crippen molar-refractivity contribution in [3.63, 3.8) is 0 Å². The summed E-state index contributed by atoms with van der Waals surface area (Å²) in [5, 5.41) is 4.43. The number of nitrogens with zero attached hydrogens (tertiary/aromatic N) is 2. The summed E-state index contributed by atoms with van der Waals surface area (Å²) in [6.07, 6.45) is 3.64. The summed E-state index contributed by atoms with van der Waals surface area (Å²) >= 11 is 1.66. The van der Waals surface area contributed by atoms with Crippen molar-refractivity contribution >= 4 is 11.3 Å². The van der Waals surface area contributed by atoms with Crippen LogP contribution >= 0.6 is 11.3 Å². The van der Waals surface area contributed by atoms with Crippen LogP contribution in [0.5, 0.6) is 5.75 Å². The molecule has 20 heavy (non-hydrogen) atoms. The van der Waals surface area contributed by atoms with Crippen LogP contribution in [-0.4, -0.2) is 16.5 Å². The van der Waals surface area contributed by atoms with Gasteiger partial charge in [0.25, 0.3) is 0 Å². The van der Waals surface area contributed by atoms with E-state index in [4.69, 9.17) is 4.74 Å². The Kier molecular flexibility index (Phi) is 5.49. The Morgan fingerprint density at radius 1 is 1.25 bits per heavy atom. The lowest BCUT2D eigenvalue weighted by molar-refractivity contribution is 0.308. The number of aryl methyl sites for hydroxylation is 1. The van der Waals surface area contributed by atoms with E-state index in [1.165, 1.54) is 0 Å². The summed E-state index contributed by atoms with van der Waals surface area (Å²) in [4.78, 5) is 9.73. The van der Waals surface area contributed by atoms with Gasteiger partial charge in [0.05, 0.1) is 21.8 Å². The monoisotopic (exact) mass is 291 g/mol. The molecule has 0 aliphatic carbocycles. The molecular formula is C15H21N3OS. The number of aromatic nitrogens is 2. The fourth-order valence-electron chi connectivity index (χ4n) is 1.72. The predicted molar refractivity (Wildman–Crippen MR) is 82.0 cm³/mol. The van der Waals surface area contributed by atoms with Crippen LogP contribution in [0.4, 0.5) is 0 Å². The second-order valence-corrected chi connectivity index (χ2v) is 6.46. The van der Waals surface area contributed by atoms with Gasteiger partial charge in [0.2, 0.25) is 0 Å². The van der Waals surface area contributed by atoms with Gasteiger partial charge in [0, 0.05) is 12.7 Å². The van der Waals surface area contributed by atoms with Crippen molar-refractivity contribution in [1.29, 1.82) is 0 Å². The average molecular weight is 291 g/mol. The minimum absolute atomic E-state index is 0.554. The Balaban J connectivity index is 1.79. The third kappa shape index (κ3) is 4.90. The zero-order valence-corrected chi connectivity index (χ0v) is 13.0. The maximum atomic E-state index is 5.69. The molecule has 1 N–H and O–H groups in total. The zero-order valence-electron chi connectivity index (χ0n) is 12.2. The summed E-state index contributed by atoms with van der Waals surface area (Å²) in [6, 6.07) is 3.97. The smallest absolute Gasteiger partial charge is 0.138 e. The van der Waals surface area contributed by atoms with Gasteiger partial charge in [-0.15, -0.1) is 11.3 Å². The third-order valence-corrected chi connectivity index (χ3v) is 3.59. The van der Waals surface area contributed by atoms with E-state index in [1.807, 2.05) is 25.3 Å². The topological polar surface area (TPSA) is 47.0 Å². The Morgan fingerprint density at radius 3 is 2.70 bits per heavy atom. The van der Waals surface area contributed by atoms with Gasteiger partial charge in [-0.25, -0.2) is 4.98 Å². The molecule has 5 heteroatoms. The van der Waals surface area contributed by atoms with E-state index in [1.54, 1.807) is 17.5 Å². The number of pyridine rings is 1. The normalized spacial score (nSPS) is 11.0. The lowest BCUT2D eigenvalue weighted by Crippen LogP contribution is -2.19. The Bertz CT molecular complexity index is 522. The molecule has 4 nitrogen and oxygen atoms in total. The van der Waals surface area contributed by atoms with Crippen molar-refractivity contribution in [2.24, 2.45) is 5.92 Å². The maximum Gasteiger partial charge on any atom is 0.138 e. The Hall–Kier alpha value is -1.46. The summed E-state index contributed by atoms with van der Waals surface area (Å²) < 4.78 is 5.69. The molecule has 0 aliphatic heterocycles. The number of hydrogen-bond donors (Lipinski definition) is 1. The van der Waals surface area contributed by atoms with Crippen molar-refractivity contribution < 1.29 is 4.74 Å². The molecule has 0 spiro atoms. The van der Waals surface area contributed by atoms with Gasteiger partial charge in [-0.2, -0.15) is 0 Å². The SMILES string of the molecule is Cc1ncc(COc2ccc(CNCC(C)C)nc2)s1. The fraction of sp³-hybridized carbons (Fsp3) is 0.467. The molecule has 0 aromatic carbocycles. The van der Waals surface area contributed by atoms with Crippen LogP contribution in [0.3, 0.4) is 0 Å². The summed E-state index contributed by atoms with van der Waals surface area (Å²) in [7, 11) is 0. The maximum absolute atomic E-state index is 5.69. The van der Waals surface area contributed by atoms with Crippen molar-refractivity contribution in [3.8, 4) is 5.75 Å². The molecule has 2 rings (SSSR count). The van der Waals surface area contributed by atoms with Gasteiger partial charge < -0.3 is 10.1 Å². The quantitative estimate of drug-likeness (QED) is 0.851. The number of hydrogen-bond acceptors (Lipinski definition) is 5. The first-order chi connectivity index (χ1) is 9.63. The van der Waals surface area contributed by atoms with Gasteiger partial charge in [-0.05, 0) is 31.5 Å². The highest BCUT2D eigenvalue weighted by Crippen LogP contribution is 2.16. The molecule has 2 heterocycles. The molecular weight excluding hydrogens is 270 g/mol. The summed E-state index contributed by atoms with van der Waals surface area (Å²) in [6.45, 7) is 8.74. The van der Waals surface area contributed by atoms with Crippen LogP contribution in [0.2, 0.25) is 0 Å². The van der Waals surface area contributed by atoms with Crippen LogP contribution in [0.15, 0.2) is 24.5 Å². The van der Waals surface area contributed by atoms with Crippen LogP contribution in [-0.2, 0) is 13.2 Å². The van der Waals surface area contributed by atoms with Crippen LogP contribution in [0, 0.1) is 12.8 Å². The van der Waals surface area contributed by atoms with Gasteiger partial charge in [0.15, 0.2) is 0 Å². The molecule has 0 bridgehead atoms. The van der Waals surface area contributed by atoms with Crippen molar-refractivity contribution in [2.75, 3.05) is 6.54 Å². The van der Waals surface area contributed by atoms with Crippen LogP contribution in [0.25, 0.3) is 0 Å². The first kappa shape index (κ1) is 14.9. The number of ether oxygens (including phenoxy) is 1. The van der Waals surface area contributed by atoms with Gasteiger partial charge >= 0.3 is 0 Å². The molecule has 0 saturated heterocycles. The second-order valence-electron chi connectivity index (χ2n) is 5.14. The average Bonchev–Trinajstić information content (AvgIpc) is 2.83. The summed E-state index contributed by atoms with van der Waals surface area (Å²) in [5.74, 6) is 1.45. The van der Waals surface area contributed by atoms with Crippen molar-refractivity contribution in [2.45, 2.75) is 33.9 Å².